The zero-order chi connectivity index (χ0) is 13.1. The van der Waals surface area contributed by atoms with Crippen molar-refractivity contribution < 1.29 is 9.90 Å². The van der Waals surface area contributed by atoms with Crippen LogP contribution in [0.2, 0.25) is 5.02 Å². The first-order valence-electron chi connectivity index (χ1n) is 5.22. The SMILES string of the molecule is CCc1nsc(Nc2ccc(C(=O)O)c(Cl)c2)n1. The molecule has 0 fully saturated rings. The summed E-state index contributed by atoms with van der Waals surface area (Å²) in [6.45, 7) is 1.98. The Bertz CT molecular complexity index is 585. The monoisotopic (exact) mass is 283 g/mol. The molecule has 5 nitrogen and oxygen atoms in total. The number of aryl methyl sites for hydroxylation is 1. The lowest BCUT2D eigenvalue weighted by Crippen LogP contribution is -1.98. The molecule has 94 valence electrons. The number of nitrogens with one attached hydrogen (secondary N) is 1. The van der Waals surface area contributed by atoms with Gasteiger partial charge in [-0.25, -0.2) is 9.78 Å². The summed E-state index contributed by atoms with van der Waals surface area (Å²) in [4.78, 5) is 15.1. The van der Waals surface area contributed by atoms with E-state index < -0.39 is 5.97 Å². The number of carboxylic acid groups (broad SMARTS) is 1. The van der Waals surface area contributed by atoms with E-state index in [-0.39, 0.29) is 10.6 Å². The standard InChI is InChI=1S/C11H10ClN3O2S/c1-2-9-14-11(18-15-9)13-6-3-4-7(10(16)17)8(12)5-6/h3-5H,2H2,1H3,(H,16,17)(H,13,14,15). The van der Waals surface area contributed by atoms with Crippen LogP contribution in [0.15, 0.2) is 18.2 Å². The van der Waals surface area contributed by atoms with Crippen molar-refractivity contribution in [3.8, 4) is 0 Å². The quantitative estimate of drug-likeness (QED) is 0.901. The first-order chi connectivity index (χ1) is 8.60. The van der Waals surface area contributed by atoms with Crippen molar-refractivity contribution in [1.82, 2.24) is 9.36 Å². The molecule has 1 aromatic heterocycles. The Morgan fingerprint density at radius 1 is 1.56 bits per heavy atom. The Morgan fingerprint density at radius 3 is 2.89 bits per heavy atom. The lowest BCUT2D eigenvalue weighted by molar-refractivity contribution is 0.0697. The number of nitrogens with zero attached hydrogens (tertiary/aromatic N) is 2. The third-order valence-corrected chi connectivity index (χ3v) is 3.22. The summed E-state index contributed by atoms with van der Waals surface area (Å²) in [5.74, 6) is -0.272. The van der Waals surface area contributed by atoms with E-state index in [4.69, 9.17) is 16.7 Å². The van der Waals surface area contributed by atoms with Crippen molar-refractivity contribution in [2.45, 2.75) is 13.3 Å². The molecule has 0 saturated carbocycles. The molecule has 2 aromatic rings. The van der Waals surface area contributed by atoms with Crippen molar-refractivity contribution in [2.24, 2.45) is 0 Å². The molecule has 2 rings (SSSR count). The predicted molar refractivity (Wildman–Crippen MR) is 71.0 cm³/mol. The van der Waals surface area contributed by atoms with Gasteiger partial charge in [0.15, 0.2) is 0 Å². The van der Waals surface area contributed by atoms with E-state index in [1.54, 1.807) is 12.1 Å². The maximum Gasteiger partial charge on any atom is 0.337 e. The number of carboxylic acids is 1. The van der Waals surface area contributed by atoms with Crippen molar-refractivity contribution in [2.75, 3.05) is 5.32 Å². The van der Waals surface area contributed by atoms with Crippen LogP contribution < -0.4 is 5.32 Å². The largest absolute Gasteiger partial charge is 0.478 e. The second kappa shape index (κ2) is 5.32. The molecular weight excluding hydrogens is 274 g/mol. The van der Waals surface area contributed by atoms with Gasteiger partial charge in [-0.2, -0.15) is 4.37 Å². The first kappa shape index (κ1) is 12.8. The van der Waals surface area contributed by atoms with Gasteiger partial charge in [0.05, 0.1) is 10.6 Å². The number of aromatic carboxylic acids is 1. The van der Waals surface area contributed by atoms with Crippen molar-refractivity contribution in [1.29, 1.82) is 0 Å². The van der Waals surface area contributed by atoms with Crippen LogP contribution in [0.1, 0.15) is 23.1 Å². The van der Waals surface area contributed by atoms with E-state index >= 15 is 0 Å². The van der Waals surface area contributed by atoms with Gasteiger partial charge in [0.1, 0.15) is 5.82 Å². The highest BCUT2D eigenvalue weighted by Crippen LogP contribution is 2.24. The molecule has 0 amide bonds. The molecule has 0 radical (unpaired) electrons. The normalized spacial score (nSPS) is 10.3. The van der Waals surface area contributed by atoms with E-state index in [1.807, 2.05) is 6.92 Å². The Morgan fingerprint density at radius 2 is 2.33 bits per heavy atom. The Kier molecular flexibility index (Phi) is 3.78. The van der Waals surface area contributed by atoms with Gasteiger partial charge in [-0.05, 0) is 18.2 Å². The van der Waals surface area contributed by atoms with Gasteiger partial charge in [0.2, 0.25) is 5.13 Å². The molecule has 1 aromatic carbocycles. The lowest BCUT2D eigenvalue weighted by Gasteiger charge is -2.04. The van der Waals surface area contributed by atoms with Crippen molar-refractivity contribution >= 4 is 39.9 Å². The second-order valence-corrected chi connectivity index (χ2v) is 4.65. The van der Waals surface area contributed by atoms with Gasteiger partial charge in [0, 0.05) is 23.6 Å². The number of hydrogen-bond donors (Lipinski definition) is 2. The van der Waals surface area contributed by atoms with Crippen molar-refractivity contribution in [3.05, 3.63) is 34.6 Å². The fourth-order valence-electron chi connectivity index (χ4n) is 1.34. The van der Waals surface area contributed by atoms with E-state index in [0.717, 1.165) is 12.2 Å². The summed E-state index contributed by atoms with van der Waals surface area (Å²) in [6, 6.07) is 4.65. The lowest BCUT2D eigenvalue weighted by atomic mass is 10.2. The minimum Gasteiger partial charge on any atom is -0.478 e. The van der Waals surface area contributed by atoms with Crippen LogP contribution >= 0.6 is 23.1 Å². The van der Waals surface area contributed by atoms with E-state index in [0.29, 0.717) is 10.8 Å². The molecular formula is C11H10ClN3O2S. The number of hydrogen-bond acceptors (Lipinski definition) is 5. The highest BCUT2D eigenvalue weighted by atomic mass is 35.5. The van der Waals surface area contributed by atoms with Gasteiger partial charge in [0.25, 0.3) is 0 Å². The molecule has 0 atom stereocenters. The molecule has 0 aliphatic carbocycles. The fraction of sp³-hybridized carbons (Fsp3) is 0.182. The topological polar surface area (TPSA) is 75.1 Å². The second-order valence-electron chi connectivity index (χ2n) is 3.49. The summed E-state index contributed by atoms with van der Waals surface area (Å²) < 4.78 is 4.14. The van der Waals surface area contributed by atoms with Gasteiger partial charge in [-0.15, -0.1) is 0 Å². The average molecular weight is 284 g/mol. The van der Waals surface area contributed by atoms with Crippen LogP contribution in [0.25, 0.3) is 0 Å². The Hall–Kier alpha value is -1.66. The molecule has 0 bridgehead atoms. The molecule has 18 heavy (non-hydrogen) atoms. The summed E-state index contributed by atoms with van der Waals surface area (Å²) >= 11 is 7.12. The molecule has 0 spiro atoms. The summed E-state index contributed by atoms with van der Waals surface area (Å²) in [5.41, 5.74) is 0.762. The zero-order valence-corrected chi connectivity index (χ0v) is 11.0. The van der Waals surface area contributed by atoms with Crippen LogP contribution in [0, 0.1) is 0 Å². The van der Waals surface area contributed by atoms with Gasteiger partial charge < -0.3 is 10.4 Å². The first-order valence-corrected chi connectivity index (χ1v) is 6.37. The van der Waals surface area contributed by atoms with E-state index in [9.17, 15) is 4.79 Å². The predicted octanol–water partition coefficient (Wildman–Crippen LogP) is 3.20. The van der Waals surface area contributed by atoms with Crippen LogP contribution in [0.3, 0.4) is 0 Å². The Balaban J connectivity index is 2.19. The Labute approximate surface area is 113 Å². The molecule has 0 saturated heterocycles. The third-order valence-electron chi connectivity index (χ3n) is 2.24. The molecule has 7 heteroatoms. The average Bonchev–Trinajstić information content (AvgIpc) is 2.76. The third kappa shape index (κ3) is 2.77. The number of rotatable bonds is 4. The summed E-state index contributed by atoms with van der Waals surface area (Å²) in [5, 5.41) is 12.7. The number of halogens is 1. The molecule has 2 N–H and O–H groups in total. The van der Waals surface area contributed by atoms with Gasteiger partial charge in [-0.1, -0.05) is 18.5 Å². The highest BCUT2D eigenvalue weighted by Gasteiger charge is 2.09. The molecule has 0 aliphatic rings. The van der Waals surface area contributed by atoms with Crippen LogP contribution in [0.4, 0.5) is 10.8 Å². The number of benzene rings is 1. The van der Waals surface area contributed by atoms with Crippen LogP contribution in [-0.2, 0) is 6.42 Å². The number of carbonyl (C=O) groups is 1. The molecule has 1 heterocycles. The minimum atomic E-state index is -1.05. The number of aromatic nitrogens is 2. The maximum atomic E-state index is 10.8. The highest BCUT2D eigenvalue weighted by molar-refractivity contribution is 7.09. The van der Waals surface area contributed by atoms with Gasteiger partial charge >= 0.3 is 5.97 Å². The van der Waals surface area contributed by atoms with E-state index in [1.165, 1.54) is 17.6 Å². The van der Waals surface area contributed by atoms with Crippen molar-refractivity contribution in [3.63, 3.8) is 0 Å². The molecule has 0 aliphatic heterocycles. The summed E-state index contributed by atoms with van der Waals surface area (Å²) in [6.07, 6.45) is 0.775. The van der Waals surface area contributed by atoms with Crippen LogP contribution in [-0.4, -0.2) is 20.4 Å². The molecule has 0 unspecified atom stereocenters. The minimum absolute atomic E-state index is 0.0775. The smallest absolute Gasteiger partial charge is 0.337 e. The van der Waals surface area contributed by atoms with Gasteiger partial charge in [-0.3, -0.25) is 0 Å². The number of anilines is 2. The maximum absolute atomic E-state index is 10.8. The van der Waals surface area contributed by atoms with Crippen LogP contribution in [0.5, 0.6) is 0 Å². The van der Waals surface area contributed by atoms with E-state index in [2.05, 4.69) is 14.7 Å². The zero-order valence-electron chi connectivity index (χ0n) is 9.48. The fourth-order valence-corrected chi connectivity index (χ4v) is 2.27. The summed E-state index contributed by atoms with van der Waals surface area (Å²) in [7, 11) is 0.